The number of hydrogen-bond donors (Lipinski definition) is 0. The molecule has 3 aromatic rings. The van der Waals surface area contributed by atoms with E-state index in [9.17, 15) is 4.79 Å². The quantitative estimate of drug-likeness (QED) is 0.202. The van der Waals surface area contributed by atoms with Crippen molar-refractivity contribution in [2.75, 3.05) is 49.7 Å². The van der Waals surface area contributed by atoms with Gasteiger partial charge in [-0.1, -0.05) is 26.6 Å². The van der Waals surface area contributed by atoms with E-state index in [-0.39, 0.29) is 11.4 Å². The second kappa shape index (κ2) is 10.6. The highest BCUT2D eigenvalue weighted by molar-refractivity contribution is 9.10. The van der Waals surface area contributed by atoms with Crippen molar-refractivity contribution in [2.45, 2.75) is 45.8 Å². The van der Waals surface area contributed by atoms with Crippen LogP contribution >= 0.6 is 15.9 Å². The SMILES string of the molecule is COC(=O)c1cc(Br)cnc1N1CC2CCN(c3ncnc4c3ccn4COCC[Si](C)(C)C)CC2(C)C1. The van der Waals surface area contributed by atoms with Crippen LogP contribution in [-0.2, 0) is 16.2 Å². The molecule has 0 spiro atoms. The van der Waals surface area contributed by atoms with Gasteiger partial charge in [0.1, 0.15) is 35.9 Å². The van der Waals surface area contributed by atoms with Crippen molar-refractivity contribution in [2.24, 2.45) is 11.3 Å². The Morgan fingerprint density at radius 1 is 1.18 bits per heavy atom. The second-order valence-electron chi connectivity index (χ2n) is 12.0. The highest BCUT2D eigenvalue weighted by Gasteiger charge is 2.48. The van der Waals surface area contributed by atoms with Crippen molar-refractivity contribution in [3.05, 3.63) is 40.9 Å². The average Bonchev–Trinajstić information content (AvgIpc) is 3.45. The van der Waals surface area contributed by atoms with E-state index in [4.69, 9.17) is 14.5 Å². The standard InChI is InChI=1S/C27H37BrN6O3Si/c1-27-15-32(23-21-7-9-33(24(21)31-17-30-23)18-37-10-11-38(3,4)5)8-6-19(27)14-34(16-27)25-22(26(35)36-2)12-20(28)13-29-25/h7,9,12-13,17,19H,6,8,10-11,14-16,18H2,1-5H3. The predicted molar refractivity (Wildman–Crippen MR) is 156 cm³/mol. The molecule has 5 heterocycles. The summed E-state index contributed by atoms with van der Waals surface area (Å²) >= 11 is 3.44. The van der Waals surface area contributed by atoms with Gasteiger partial charge in [-0.3, -0.25) is 0 Å². The Balaban J connectivity index is 1.33. The van der Waals surface area contributed by atoms with Crippen LogP contribution < -0.4 is 9.80 Å². The molecule has 2 fully saturated rings. The van der Waals surface area contributed by atoms with E-state index < -0.39 is 8.07 Å². The van der Waals surface area contributed by atoms with E-state index in [2.05, 4.69) is 79.1 Å². The number of rotatable bonds is 8. The third-order valence-corrected chi connectivity index (χ3v) is 10.0. The van der Waals surface area contributed by atoms with Gasteiger partial charge in [0.05, 0.1) is 12.5 Å². The minimum atomic E-state index is -1.12. The number of nitrogens with zero attached hydrogens (tertiary/aromatic N) is 6. The summed E-state index contributed by atoms with van der Waals surface area (Å²) in [4.78, 5) is 31.1. The Kier molecular flexibility index (Phi) is 7.54. The minimum absolute atomic E-state index is 0.0280. The highest BCUT2D eigenvalue weighted by atomic mass is 79.9. The Hall–Kier alpha value is -2.50. The van der Waals surface area contributed by atoms with Crippen molar-refractivity contribution in [3.63, 3.8) is 0 Å². The molecule has 38 heavy (non-hydrogen) atoms. The van der Waals surface area contributed by atoms with Gasteiger partial charge in [0, 0.05) is 63.1 Å². The maximum absolute atomic E-state index is 12.5. The van der Waals surface area contributed by atoms with Crippen LogP contribution in [-0.4, -0.2) is 73.5 Å². The molecular weight excluding hydrogens is 564 g/mol. The summed E-state index contributed by atoms with van der Waals surface area (Å²) in [6.45, 7) is 14.2. The number of halogens is 1. The smallest absolute Gasteiger partial charge is 0.341 e. The van der Waals surface area contributed by atoms with Crippen molar-refractivity contribution in [1.29, 1.82) is 0 Å². The molecule has 0 N–H and O–H groups in total. The zero-order valence-electron chi connectivity index (χ0n) is 22.9. The molecule has 0 amide bonds. The monoisotopic (exact) mass is 600 g/mol. The van der Waals surface area contributed by atoms with Gasteiger partial charge >= 0.3 is 5.97 Å². The number of hydrogen-bond acceptors (Lipinski definition) is 8. The van der Waals surface area contributed by atoms with Gasteiger partial charge < -0.3 is 23.8 Å². The van der Waals surface area contributed by atoms with Crippen LogP contribution in [0.3, 0.4) is 0 Å². The number of ether oxygens (including phenoxy) is 2. The van der Waals surface area contributed by atoms with E-state index in [0.29, 0.717) is 24.0 Å². The molecule has 204 valence electrons. The molecule has 2 saturated heterocycles. The number of fused-ring (bicyclic) bond motifs is 2. The average molecular weight is 602 g/mol. The van der Waals surface area contributed by atoms with Crippen LogP contribution in [0.15, 0.2) is 35.3 Å². The minimum Gasteiger partial charge on any atom is -0.465 e. The Bertz CT molecular complexity index is 1330. The predicted octanol–water partition coefficient (Wildman–Crippen LogP) is 5.04. The maximum atomic E-state index is 12.5. The summed E-state index contributed by atoms with van der Waals surface area (Å²) in [5.74, 6) is 1.80. The number of aromatic nitrogens is 4. The molecule has 3 aromatic heterocycles. The fraction of sp³-hybridized carbons (Fsp3) is 0.556. The van der Waals surface area contributed by atoms with Crippen LogP contribution in [0.25, 0.3) is 11.0 Å². The molecule has 2 aliphatic heterocycles. The van der Waals surface area contributed by atoms with Crippen LogP contribution in [0.4, 0.5) is 11.6 Å². The molecule has 2 unspecified atom stereocenters. The molecule has 11 heteroatoms. The van der Waals surface area contributed by atoms with E-state index in [1.54, 1.807) is 18.6 Å². The Morgan fingerprint density at radius 2 is 1.97 bits per heavy atom. The van der Waals surface area contributed by atoms with Gasteiger partial charge in [0.25, 0.3) is 0 Å². The summed E-state index contributed by atoms with van der Waals surface area (Å²) in [6.07, 6.45) is 6.51. The van der Waals surface area contributed by atoms with Crippen molar-refractivity contribution >= 4 is 52.6 Å². The van der Waals surface area contributed by atoms with Gasteiger partial charge in [0.2, 0.25) is 0 Å². The zero-order valence-corrected chi connectivity index (χ0v) is 25.5. The van der Waals surface area contributed by atoms with Gasteiger partial charge in [-0.2, -0.15) is 0 Å². The molecule has 0 radical (unpaired) electrons. The fourth-order valence-electron chi connectivity index (χ4n) is 5.74. The van der Waals surface area contributed by atoms with E-state index in [1.165, 1.54) is 7.11 Å². The first-order chi connectivity index (χ1) is 18.1. The number of methoxy groups -OCH3 is 1. The lowest BCUT2D eigenvalue weighted by atomic mass is 9.75. The number of esters is 1. The lowest BCUT2D eigenvalue weighted by Gasteiger charge is -2.42. The Labute approximate surface area is 233 Å². The topological polar surface area (TPSA) is 85.6 Å². The Morgan fingerprint density at radius 3 is 2.74 bits per heavy atom. The lowest BCUT2D eigenvalue weighted by Crippen LogP contribution is -2.47. The molecular formula is C27H37BrN6O3Si. The van der Waals surface area contributed by atoms with E-state index >= 15 is 0 Å². The molecule has 0 saturated carbocycles. The highest BCUT2D eigenvalue weighted by Crippen LogP contribution is 2.45. The van der Waals surface area contributed by atoms with Crippen molar-refractivity contribution in [3.8, 4) is 0 Å². The van der Waals surface area contributed by atoms with Crippen LogP contribution in [0, 0.1) is 11.3 Å². The largest absolute Gasteiger partial charge is 0.465 e. The number of anilines is 2. The first kappa shape index (κ1) is 27.1. The zero-order chi connectivity index (χ0) is 27.1. The van der Waals surface area contributed by atoms with Gasteiger partial charge in [0.15, 0.2) is 0 Å². The first-order valence-electron chi connectivity index (χ1n) is 13.2. The summed E-state index contributed by atoms with van der Waals surface area (Å²) in [5, 5.41) is 1.06. The second-order valence-corrected chi connectivity index (χ2v) is 18.6. The summed E-state index contributed by atoms with van der Waals surface area (Å²) in [7, 11) is 0.286. The van der Waals surface area contributed by atoms with Gasteiger partial charge in [-0.15, -0.1) is 0 Å². The number of carbonyl (C=O) groups is 1. The maximum Gasteiger partial charge on any atom is 0.341 e. The molecule has 0 aliphatic carbocycles. The normalized spacial score (nSPS) is 21.7. The molecule has 9 nitrogen and oxygen atoms in total. The van der Waals surface area contributed by atoms with Gasteiger partial charge in [-0.05, 0) is 46.4 Å². The summed E-state index contributed by atoms with van der Waals surface area (Å²) < 4.78 is 13.9. The first-order valence-corrected chi connectivity index (χ1v) is 17.7. The van der Waals surface area contributed by atoms with E-state index in [1.807, 2.05) is 0 Å². The lowest BCUT2D eigenvalue weighted by molar-refractivity contribution is 0.0601. The van der Waals surface area contributed by atoms with Crippen molar-refractivity contribution in [1.82, 2.24) is 19.5 Å². The van der Waals surface area contributed by atoms with Gasteiger partial charge in [-0.25, -0.2) is 19.7 Å². The molecule has 2 aliphatic rings. The molecule has 5 rings (SSSR count). The summed E-state index contributed by atoms with van der Waals surface area (Å²) in [6, 6.07) is 5.05. The third-order valence-electron chi connectivity index (χ3n) is 7.88. The van der Waals surface area contributed by atoms with Crippen molar-refractivity contribution < 1.29 is 14.3 Å². The molecule has 0 aromatic carbocycles. The number of piperidine rings is 1. The number of carbonyl (C=O) groups excluding carboxylic acids is 1. The van der Waals surface area contributed by atoms with E-state index in [0.717, 1.165) is 66.6 Å². The number of pyridine rings is 1. The molecule has 2 atom stereocenters. The van der Waals surface area contributed by atoms with Crippen LogP contribution in [0.2, 0.25) is 25.7 Å². The summed E-state index contributed by atoms with van der Waals surface area (Å²) in [5.41, 5.74) is 1.43. The fourth-order valence-corrected chi connectivity index (χ4v) is 6.82. The third kappa shape index (κ3) is 5.46. The molecule has 0 bridgehead atoms. The van der Waals surface area contributed by atoms with Crippen LogP contribution in [0.5, 0.6) is 0 Å². The van der Waals surface area contributed by atoms with Crippen LogP contribution in [0.1, 0.15) is 23.7 Å².